The van der Waals surface area contributed by atoms with Gasteiger partial charge in [-0.05, 0) is 150 Å². The molecule has 2 nitrogen and oxygen atoms in total. The molecule has 0 radical (unpaired) electrons. The standard InChI is InChI=1S/C70H50N2/c1-69(2)62-30-16-12-27-56(62)59-41-39-53(44-65(59)69)72(68-33-19-15-26-55(68)49-22-8-4-9-23-49)54-40-43-61-58-29-14-18-32-64(58)70(67(61)46-54)63-31-17-13-28-57(63)60-42-38-52(45-66(60)70)71(50-24-10-5-11-25-50)51-36-34-48(35-37-51)47-20-6-3-7-21-47/h3-46H,1-2H3. The van der Waals surface area contributed by atoms with Gasteiger partial charge in [0.2, 0.25) is 0 Å². The molecule has 1 atom stereocenters. The van der Waals surface area contributed by atoms with E-state index in [1.54, 1.807) is 0 Å². The molecule has 1 unspecified atom stereocenters. The van der Waals surface area contributed by atoms with E-state index in [9.17, 15) is 0 Å². The van der Waals surface area contributed by atoms with Crippen LogP contribution < -0.4 is 9.80 Å². The number of nitrogens with zero attached hydrogens (tertiary/aromatic N) is 2. The van der Waals surface area contributed by atoms with Gasteiger partial charge >= 0.3 is 0 Å². The average Bonchev–Trinajstić information content (AvgIpc) is 4.00. The Bertz CT molecular complexity index is 3880. The minimum atomic E-state index is -0.602. The fourth-order valence-corrected chi connectivity index (χ4v) is 12.6. The molecule has 0 saturated heterocycles. The van der Waals surface area contributed by atoms with Crippen molar-refractivity contribution in [2.24, 2.45) is 0 Å². The van der Waals surface area contributed by atoms with E-state index in [4.69, 9.17) is 0 Å². The van der Waals surface area contributed by atoms with E-state index in [-0.39, 0.29) is 5.41 Å². The Morgan fingerprint density at radius 2 is 0.597 bits per heavy atom. The van der Waals surface area contributed by atoms with Crippen LogP contribution >= 0.6 is 0 Å². The molecule has 0 bridgehead atoms. The van der Waals surface area contributed by atoms with Crippen LogP contribution in [0, 0.1) is 0 Å². The summed E-state index contributed by atoms with van der Waals surface area (Å²) in [5.74, 6) is 0. The number of para-hydroxylation sites is 2. The van der Waals surface area contributed by atoms with Gasteiger partial charge in [-0.1, -0.05) is 214 Å². The Kier molecular flexibility index (Phi) is 9.50. The maximum atomic E-state index is 2.53. The number of hydrogen-bond acceptors (Lipinski definition) is 2. The summed E-state index contributed by atoms with van der Waals surface area (Å²) < 4.78 is 0. The zero-order valence-corrected chi connectivity index (χ0v) is 40.3. The summed E-state index contributed by atoms with van der Waals surface area (Å²) in [7, 11) is 0. The molecule has 0 amide bonds. The first kappa shape index (κ1) is 41.9. The fraction of sp³-hybridized carbons (Fsp3) is 0.0571. The lowest BCUT2D eigenvalue weighted by Crippen LogP contribution is -2.26. The van der Waals surface area contributed by atoms with E-state index in [1.165, 1.54) is 89.0 Å². The molecule has 340 valence electrons. The van der Waals surface area contributed by atoms with Crippen LogP contribution in [-0.2, 0) is 10.8 Å². The molecule has 0 N–H and O–H groups in total. The van der Waals surface area contributed by atoms with Crippen LogP contribution in [0.3, 0.4) is 0 Å². The van der Waals surface area contributed by atoms with Crippen molar-refractivity contribution in [3.8, 4) is 55.6 Å². The Morgan fingerprint density at radius 3 is 1.17 bits per heavy atom. The van der Waals surface area contributed by atoms with Crippen LogP contribution in [0.5, 0.6) is 0 Å². The van der Waals surface area contributed by atoms with Crippen molar-refractivity contribution in [1.29, 1.82) is 0 Å². The van der Waals surface area contributed by atoms with E-state index in [2.05, 4.69) is 291 Å². The normalized spacial score (nSPS) is 15.0. The topological polar surface area (TPSA) is 6.48 Å². The number of benzene rings is 11. The van der Waals surface area contributed by atoms with Gasteiger partial charge in [-0.3, -0.25) is 0 Å². The quantitative estimate of drug-likeness (QED) is 0.150. The summed E-state index contributed by atoms with van der Waals surface area (Å²) in [6, 6.07) is 99.1. The highest BCUT2D eigenvalue weighted by Gasteiger charge is 2.52. The SMILES string of the molecule is CC1(C)c2ccccc2-c2ccc(N(c3ccc4c(c3)C3(c5ccccc5-c5ccc(N(c6ccccc6)c6ccc(-c7ccccc7)cc6)cc53)c3ccccc3-4)c3ccccc3-c3ccccc3)cc21. The summed E-state index contributed by atoms with van der Waals surface area (Å²) in [6.07, 6.45) is 0. The number of rotatable bonds is 8. The minimum Gasteiger partial charge on any atom is -0.310 e. The molecule has 2 heteroatoms. The maximum Gasteiger partial charge on any atom is 0.0727 e. The van der Waals surface area contributed by atoms with E-state index in [1.807, 2.05) is 0 Å². The van der Waals surface area contributed by atoms with Crippen LogP contribution in [0.15, 0.2) is 267 Å². The van der Waals surface area contributed by atoms with Crippen LogP contribution in [0.2, 0.25) is 0 Å². The van der Waals surface area contributed by atoms with Gasteiger partial charge < -0.3 is 9.80 Å². The van der Waals surface area contributed by atoms with E-state index in [0.717, 1.165) is 34.1 Å². The van der Waals surface area contributed by atoms with Crippen molar-refractivity contribution in [2.75, 3.05) is 9.80 Å². The smallest absolute Gasteiger partial charge is 0.0727 e. The summed E-state index contributed by atoms with van der Waals surface area (Å²) in [6.45, 7) is 4.75. The lowest BCUT2D eigenvalue weighted by molar-refractivity contribution is 0.660. The molecule has 0 saturated carbocycles. The molecule has 14 rings (SSSR count). The van der Waals surface area contributed by atoms with E-state index in [0.29, 0.717) is 0 Å². The monoisotopic (exact) mass is 918 g/mol. The van der Waals surface area contributed by atoms with Crippen molar-refractivity contribution in [3.63, 3.8) is 0 Å². The first-order valence-electron chi connectivity index (χ1n) is 25.2. The molecule has 0 heterocycles. The van der Waals surface area contributed by atoms with Gasteiger partial charge in [0, 0.05) is 39.4 Å². The molecule has 11 aromatic carbocycles. The van der Waals surface area contributed by atoms with Crippen LogP contribution in [0.25, 0.3) is 55.6 Å². The van der Waals surface area contributed by atoms with Gasteiger partial charge in [-0.2, -0.15) is 0 Å². The number of hydrogen-bond donors (Lipinski definition) is 0. The third-order valence-corrected chi connectivity index (χ3v) is 15.9. The second-order valence-corrected chi connectivity index (χ2v) is 20.0. The number of anilines is 6. The Morgan fingerprint density at radius 1 is 0.236 bits per heavy atom. The summed E-state index contributed by atoms with van der Waals surface area (Å²) in [5.41, 5.74) is 26.3. The van der Waals surface area contributed by atoms with Gasteiger partial charge in [-0.25, -0.2) is 0 Å². The first-order chi connectivity index (χ1) is 35.5. The Hall–Kier alpha value is -8.98. The fourth-order valence-electron chi connectivity index (χ4n) is 12.6. The third-order valence-electron chi connectivity index (χ3n) is 15.9. The lowest BCUT2D eigenvalue weighted by Gasteiger charge is -2.34. The lowest BCUT2D eigenvalue weighted by atomic mass is 9.70. The molecule has 3 aliphatic carbocycles. The summed E-state index contributed by atoms with van der Waals surface area (Å²) >= 11 is 0. The zero-order valence-electron chi connectivity index (χ0n) is 40.3. The van der Waals surface area contributed by atoms with Crippen LogP contribution in [0.1, 0.15) is 47.2 Å². The molecular weight excluding hydrogens is 869 g/mol. The third kappa shape index (κ3) is 6.22. The number of fused-ring (bicyclic) bond motifs is 13. The predicted octanol–water partition coefficient (Wildman–Crippen LogP) is 18.6. The highest BCUT2D eigenvalue weighted by molar-refractivity contribution is 5.99. The van der Waals surface area contributed by atoms with Crippen molar-refractivity contribution in [1.82, 2.24) is 0 Å². The van der Waals surface area contributed by atoms with Gasteiger partial charge in [0.15, 0.2) is 0 Å². The molecule has 0 aliphatic heterocycles. The Balaban J connectivity index is 0.999. The Labute approximate surface area is 422 Å². The van der Waals surface area contributed by atoms with Gasteiger partial charge in [0.25, 0.3) is 0 Å². The average molecular weight is 919 g/mol. The van der Waals surface area contributed by atoms with Gasteiger partial charge in [0.05, 0.1) is 11.1 Å². The maximum absolute atomic E-state index is 2.53. The van der Waals surface area contributed by atoms with Crippen molar-refractivity contribution >= 4 is 34.1 Å². The second-order valence-electron chi connectivity index (χ2n) is 20.0. The first-order valence-corrected chi connectivity index (χ1v) is 25.2. The second kappa shape index (κ2) is 16.3. The van der Waals surface area contributed by atoms with Crippen molar-refractivity contribution in [2.45, 2.75) is 24.7 Å². The molecule has 0 aromatic heterocycles. The summed E-state index contributed by atoms with van der Waals surface area (Å²) in [5, 5.41) is 0. The molecule has 11 aromatic rings. The van der Waals surface area contributed by atoms with Crippen LogP contribution in [-0.4, -0.2) is 0 Å². The van der Waals surface area contributed by atoms with Crippen molar-refractivity contribution in [3.05, 3.63) is 300 Å². The van der Waals surface area contributed by atoms with E-state index < -0.39 is 5.41 Å². The van der Waals surface area contributed by atoms with Gasteiger partial charge in [-0.15, -0.1) is 0 Å². The highest BCUT2D eigenvalue weighted by atomic mass is 15.1. The van der Waals surface area contributed by atoms with Crippen LogP contribution in [0.4, 0.5) is 34.1 Å². The zero-order chi connectivity index (χ0) is 48.0. The molecule has 3 aliphatic rings. The van der Waals surface area contributed by atoms with Crippen molar-refractivity contribution < 1.29 is 0 Å². The molecule has 72 heavy (non-hydrogen) atoms. The molecule has 0 fully saturated rings. The molecule has 1 spiro atoms. The largest absolute Gasteiger partial charge is 0.310 e. The van der Waals surface area contributed by atoms with Gasteiger partial charge in [0.1, 0.15) is 0 Å². The predicted molar refractivity (Wildman–Crippen MR) is 301 cm³/mol. The highest BCUT2D eigenvalue weighted by Crippen LogP contribution is 2.64. The molecular formula is C70H50N2. The minimum absolute atomic E-state index is 0.164. The van der Waals surface area contributed by atoms with E-state index >= 15 is 0 Å². The summed E-state index contributed by atoms with van der Waals surface area (Å²) in [4.78, 5) is 4.94.